The van der Waals surface area contributed by atoms with Crippen LogP contribution in [0.3, 0.4) is 0 Å². The standard InChI is InChI=1S/C16H18ClFN2O3/c17-12-7-10(18)1-2-11(12)14(21)20-5-3-16(4-6-20)8-13(15(22)23)19-9-16/h1-2,7,13,19H,3-6,8-9H2,(H,22,23)/t13-/m0/s1. The highest BCUT2D eigenvalue weighted by atomic mass is 35.5. The Morgan fingerprint density at radius 2 is 2.04 bits per heavy atom. The second-order valence-electron chi connectivity index (χ2n) is 6.39. The molecule has 2 N–H and O–H groups in total. The van der Waals surface area contributed by atoms with Crippen LogP contribution in [0.5, 0.6) is 0 Å². The topological polar surface area (TPSA) is 69.6 Å². The summed E-state index contributed by atoms with van der Waals surface area (Å²) in [7, 11) is 0. The smallest absolute Gasteiger partial charge is 0.320 e. The van der Waals surface area contributed by atoms with Gasteiger partial charge in [0.25, 0.3) is 5.91 Å². The molecule has 0 radical (unpaired) electrons. The number of carboxylic acid groups (broad SMARTS) is 1. The molecule has 0 unspecified atom stereocenters. The molecule has 1 atom stereocenters. The van der Waals surface area contributed by atoms with Crippen molar-refractivity contribution in [1.82, 2.24) is 10.2 Å². The van der Waals surface area contributed by atoms with E-state index in [4.69, 9.17) is 16.7 Å². The number of nitrogens with zero attached hydrogens (tertiary/aromatic N) is 1. The summed E-state index contributed by atoms with van der Waals surface area (Å²) >= 11 is 5.96. The molecule has 1 aromatic rings. The van der Waals surface area contributed by atoms with E-state index in [0.29, 0.717) is 31.6 Å². The van der Waals surface area contributed by atoms with Crippen molar-refractivity contribution in [3.05, 3.63) is 34.6 Å². The van der Waals surface area contributed by atoms with E-state index >= 15 is 0 Å². The third-order valence-corrected chi connectivity index (χ3v) is 5.24. The van der Waals surface area contributed by atoms with Crippen LogP contribution in [0.15, 0.2) is 18.2 Å². The molecule has 5 nitrogen and oxygen atoms in total. The number of carboxylic acids is 1. The van der Waals surface area contributed by atoms with Crippen LogP contribution in [-0.2, 0) is 4.79 Å². The molecule has 0 aliphatic carbocycles. The Kier molecular flexibility index (Phi) is 4.29. The van der Waals surface area contributed by atoms with Gasteiger partial charge in [-0.3, -0.25) is 9.59 Å². The lowest BCUT2D eigenvalue weighted by Gasteiger charge is -2.39. The molecule has 3 rings (SSSR count). The summed E-state index contributed by atoms with van der Waals surface area (Å²) in [5.41, 5.74) is 0.254. The van der Waals surface area contributed by atoms with E-state index in [-0.39, 0.29) is 16.3 Å². The molecule has 0 bridgehead atoms. The molecule has 0 saturated carbocycles. The molecule has 2 fully saturated rings. The maximum absolute atomic E-state index is 13.1. The fraction of sp³-hybridized carbons (Fsp3) is 0.500. The number of carbonyl (C=O) groups excluding carboxylic acids is 1. The van der Waals surface area contributed by atoms with E-state index in [1.54, 1.807) is 4.90 Å². The number of benzene rings is 1. The minimum absolute atomic E-state index is 0.0492. The van der Waals surface area contributed by atoms with Gasteiger partial charge >= 0.3 is 5.97 Å². The zero-order chi connectivity index (χ0) is 16.6. The molecule has 0 aromatic heterocycles. The summed E-state index contributed by atoms with van der Waals surface area (Å²) in [4.78, 5) is 25.3. The molecule has 1 spiro atoms. The van der Waals surface area contributed by atoms with Crippen molar-refractivity contribution in [3.8, 4) is 0 Å². The molecule has 2 heterocycles. The molecule has 1 amide bonds. The van der Waals surface area contributed by atoms with E-state index in [0.717, 1.165) is 18.9 Å². The van der Waals surface area contributed by atoms with Crippen LogP contribution < -0.4 is 5.32 Å². The second-order valence-corrected chi connectivity index (χ2v) is 6.80. The summed E-state index contributed by atoms with van der Waals surface area (Å²) in [6.45, 7) is 1.78. The molecular formula is C16H18ClFN2O3. The maximum atomic E-state index is 13.1. The number of hydrogen-bond donors (Lipinski definition) is 2. The zero-order valence-electron chi connectivity index (χ0n) is 12.5. The van der Waals surface area contributed by atoms with E-state index < -0.39 is 17.8 Å². The fourth-order valence-electron chi connectivity index (χ4n) is 3.49. The SMILES string of the molecule is O=C(O)[C@@H]1CC2(CCN(C(=O)c3ccc(F)cc3Cl)CC2)CN1. The average Bonchev–Trinajstić information content (AvgIpc) is 2.92. The molecule has 2 saturated heterocycles. The Morgan fingerprint density at radius 1 is 1.35 bits per heavy atom. The van der Waals surface area contributed by atoms with Crippen LogP contribution in [-0.4, -0.2) is 47.6 Å². The number of piperidine rings is 1. The highest BCUT2D eigenvalue weighted by molar-refractivity contribution is 6.33. The molecule has 124 valence electrons. The predicted molar refractivity (Wildman–Crippen MR) is 83.0 cm³/mol. The number of nitrogens with one attached hydrogen (secondary N) is 1. The van der Waals surface area contributed by atoms with Gasteiger partial charge in [0.1, 0.15) is 11.9 Å². The van der Waals surface area contributed by atoms with Crippen LogP contribution in [0.2, 0.25) is 5.02 Å². The van der Waals surface area contributed by atoms with E-state index in [2.05, 4.69) is 5.32 Å². The molecule has 23 heavy (non-hydrogen) atoms. The van der Waals surface area contributed by atoms with Gasteiger partial charge in [-0.2, -0.15) is 0 Å². The number of amides is 1. The molecule has 7 heteroatoms. The van der Waals surface area contributed by atoms with Crippen molar-refractivity contribution in [2.45, 2.75) is 25.3 Å². The van der Waals surface area contributed by atoms with E-state index in [9.17, 15) is 14.0 Å². The molecular weight excluding hydrogens is 323 g/mol. The third-order valence-electron chi connectivity index (χ3n) is 4.93. The van der Waals surface area contributed by atoms with Crippen LogP contribution >= 0.6 is 11.6 Å². The van der Waals surface area contributed by atoms with Crippen molar-refractivity contribution >= 4 is 23.5 Å². The van der Waals surface area contributed by atoms with Crippen LogP contribution in [0.1, 0.15) is 29.6 Å². The second kappa shape index (κ2) is 6.09. The Morgan fingerprint density at radius 3 is 2.61 bits per heavy atom. The van der Waals surface area contributed by atoms with Gasteiger partial charge in [0, 0.05) is 19.6 Å². The lowest BCUT2D eigenvalue weighted by atomic mass is 9.76. The van der Waals surface area contributed by atoms with Crippen molar-refractivity contribution in [3.63, 3.8) is 0 Å². The Hall–Kier alpha value is -1.66. The van der Waals surface area contributed by atoms with Crippen LogP contribution in [0.25, 0.3) is 0 Å². The molecule has 2 aliphatic rings. The van der Waals surface area contributed by atoms with Gasteiger partial charge in [-0.25, -0.2) is 4.39 Å². The summed E-state index contributed by atoms with van der Waals surface area (Å²) in [6, 6.07) is 3.27. The highest BCUT2D eigenvalue weighted by Gasteiger charge is 2.44. The Labute approximate surface area is 138 Å². The first kappa shape index (κ1) is 16.2. The first-order valence-electron chi connectivity index (χ1n) is 7.61. The van der Waals surface area contributed by atoms with Gasteiger partial charge in [0.2, 0.25) is 0 Å². The Balaban J connectivity index is 1.65. The average molecular weight is 341 g/mol. The normalized spacial score (nSPS) is 23.2. The minimum atomic E-state index is -0.821. The number of rotatable bonds is 2. The number of carbonyl (C=O) groups is 2. The number of hydrogen-bond acceptors (Lipinski definition) is 3. The summed E-state index contributed by atoms with van der Waals surface area (Å²) < 4.78 is 13.1. The predicted octanol–water partition coefficient (Wildman–Crippen LogP) is 2.15. The van der Waals surface area contributed by atoms with Gasteiger partial charge in [0.05, 0.1) is 10.6 Å². The number of likely N-dealkylation sites (tertiary alicyclic amines) is 1. The monoisotopic (exact) mass is 340 g/mol. The van der Waals surface area contributed by atoms with Gasteiger partial charge in [-0.05, 0) is 42.9 Å². The van der Waals surface area contributed by atoms with Gasteiger partial charge in [-0.15, -0.1) is 0 Å². The fourth-order valence-corrected chi connectivity index (χ4v) is 3.74. The van der Waals surface area contributed by atoms with Gasteiger partial charge in [0.15, 0.2) is 0 Å². The van der Waals surface area contributed by atoms with Crippen molar-refractivity contribution < 1.29 is 19.1 Å². The minimum Gasteiger partial charge on any atom is -0.480 e. The third kappa shape index (κ3) is 3.19. The quantitative estimate of drug-likeness (QED) is 0.865. The first-order chi connectivity index (χ1) is 10.9. The van der Waals surface area contributed by atoms with E-state index in [1.165, 1.54) is 12.1 Å². The van der Waals surface area contributed by atoms with Crippen LogP contribution in [0, 0.1) is 11.2 Å². The summed E-state index contributed by atoms with van der Waals surface area (Å²) in [5.74, 6) is -1.50. The lowest BCUT2D eigenvalue weighted by molar-refractivity contribution is -0.139. The summed E-state index contributed by atoms with van der Waals surface area (Å²) in [5, 5.41) is 12.3. The van der Waals surface area contributed by atoms with Crippen molar-refractivity contribution in [2.75, 3.05) is 19.6 Å². The number of halogens is 2. The van der Waals surface area contributed by atoms with Crippen molar-refractivity contribution in [1.29, 1.82) is 0 Å². The maximum Gasteiger partial charge on any atom is 0.320 e. The van der Waals surface area contributed by atoms with Crippen molar-refractivity contribution in [2.24, 2.45) is 5.41 Å². The van der Waals surface area contributed by atoms with Gasteiger partial charge in [-0.1, -0.05) is 11.6 Å². The first-order valence-corrected chi connectivity index (χ1v) is 7.99. The van der Waals surface area contributed by atoms with Crippen LogP contribution in [0.4, 0.5) is 4.39 Å². The van der Waals surface area contributed by atoms with E-state index in [1.807, 2.05) is 0 Å². The Bertz CT molecular complexity index is 644. The zero-order valence-corrected chi connectivity index (χ0v) is 13.3. The largest absolute Gasteiger partial charge is 0.480 e. The molecule has 1 aromatic carbocycles. The highest BCUT2D eigenvalue weighted by Crippen LogP contribution is 2.39. The number of aliphatic carboxylic acids is 1. The van der Waals surface area contributed by atoms with Gasteiger partial charge < -0.3 is 15.3 Å². The molecule has 2 aliphatic heterocycles. The summed E-state index contributed by atoms with van der Waals surface area (Å²) in [6.07, 6.45) is 2.12. The lowest BCUT2D eigenvalue weighted by Crippen LogP contribution is -2.44.